The van der Waals surface area contributed by atoms with Crippen molar-refractivity contribution in [3.8, 4) is 0 Å². The Hall–Kier alpha value is -2.54. The zero-order valence-electron chi connectivity index (χ0n) is 19.2. The lowest BCUT2D eigenvalue weighted by molar-refractivity contribution is -0.114. The maximum absolute atomic E-state index is 14.2. The van der Waals surface area contributed by atoms with E-state index in [1.165, 1.54) is 13.1 Å². The molecule has 1 fully saturated rings. The van der Waals surface area contributed by atoms with E-state index in [1.807, 2.05) is 18.2 Å². The molecule has 2 atom stereocenters. The molecule has 0 aromatic heterocycles. The summed E-state index contributed by atoms with van der Waals surface area (Å²) in [6, 6.07) is 5.67. The van der Waals surface area contributed by atoms with Crippen LogP contribution in [0.4, 0.5) is 8.78 Å². The van der Waals surface area contributed by atoms with Gasteiger partial charge in [-0.15, -0.1) is 0 Å². The second kappa shape index (κ2) is 10.4. The van der Waals surface area contributed by atoms with Crippen LogP contribution >= 0.6 is 0 Å². The third-order valence-corrected chi connectivity index (χ3v) is 5.90. The highest BCUT2D eigenvalue weighted by atomic mass is 19.1. The average molecular weight is 445 g/mol. The summed E-state index contributed by atoms with van der Waals surface area (Å²) in [5.74, 6) is 0.0781. The molecule has 2 heterocycles. The molecule has 2 aliphatic heterocycles. The number of carbonyl (C=O) groups is 1. The van der Waals surface area contributed by atoms with Gasteiger partial charge in [-0.3, -0.25) is 14.7 Å². The van der Waals surface area contributed by atoms with Crippen LogP contribution in [0.5, 0.6) is 0 Å². The first-order valence-corrected chi connectivity index (χ1v) is 11.3. The monoisotopic (exact) mass is 444 g/mol. The molecule has 7 heteroatoms. The van der Waals surface area contributed by atoms with E-state index in [2.05, 4.69) is 15.2 Å². The minimum absolute atomic E-state index is 0.215. The minimum Gasteiger partial charge on any atom is -0.405 e. The summed E-state index contributed by atoms with van der Waals surface area (Å²) in [5, 5.41) is 3.02. The van der Waals surface area contributed by atoms with E-state index in [9.17, 15) is 13.6 Å². The Balaban J connectivity index is 1.70. The zero-order chi connectivity index (χ0) is 23.3. The van der Waals surface area contributed by atoms with Crippen molar-refractivity contribution in [3.05, 3.63) is 53.2 Å². The normalized spacial score (nSPS) is 20.8. The maximum atomic E-state index is 14.2. The van der Waals surface area contributed by atoms with E-state index in [0.29, 0.717) is 42.4 Å². The van der Waals surface area contributed by atoms with Crippen LogP contribution in [0.3, 0.4) is 0 Å². The van der Waals surface area contributed by atoms with Gasteiger partial charge in [0.05, 0.1) is 0 Å². The summed E-state index contributed by atoms with van der Waals surface area (Å²) in [4.78, 5) is 19.6. The summed E-state index contributed by atoms with van der Waals surface area (Å²) in [6.45, 7) is 7.76. The highest BCUT2D eigenvalue weighted by Crippen LogP contribution is 2.26. The number of alkyl halides is 2. The number of fused-ring (bicyclic) bond motifs is 1. The van der Waals surface area contributed by atoms with Crippen molar-refractivity contribution in [2.24, 2.45) is 16.6 Å². The number of allylic oxidation sites excluding steroid dienone is 3. The fraction of sp³-hybridized carbons (Fsp3) is 0.520. The minimum atomic E-state index is -1.22. The number of halogens is 2. The highest BCUT2D eigenvalue weighted by Gasteiger charge is 2.29. The van der Waals surface area contributed by atoms with Crippen LogP contribution in [0, 0.1) is 5.92 Å². The number of aliphatic imine (C=N–C) groups is 1. The Bertz CT molecular complexity index is 915. The Morgan fingerprint density at radius 3 is 2.91 bits per heavy atom. The molecule has 0 spiro atoms. The van der Waals surface area contributed by atoms with Crippen LogP contribution < -0.4 is 11.1 Å². The van der Waals surface area contributed by atoms with Crippen molar-refractivity contribution in [2.45, 2.75) is 45.5 Å². The van der Waals surface area contributed by atoms with Crippen LogP contribution in [-0.4, -0.2) is 61.1 Å². The lowest BCUT2D eigenvalue weighted by Crippen LogP contribution is -2.38. The third-order valence-electron chi connectivity index (χ3n) is 5.90. The first kappa shape index (κ1) is 24.1. The Labute approximate surface area is 189 Å². The Morgan fingerprint density at radius 2 is 2.22 bits per heavy atom. The number of hydrogen-bond acceptors (Lipinski definition) is 4. The molecule has 0 aliphatic carbocycles. The van der Waals surface area contributed by atoms with Crippen LogP contribution in [0.25, 0.3) is 5.57 Å². The van der Waals surface area contributed by atoms with Crippen LogP contribution in [0.1, 0.15) is 43.9 Å². The van der Waals surface area contributed by atoms with Gasteiger partial charge in [0.2, 0.25) is 0 Å². The summed E-state index contributed by atoms with van der Waals surface area (Å²) in [5.41, 5.74) is 7.58. The van der Waals surface area contributed by atoms with Gasteiger partial charge in [0.15, 0.2) is 0 Å². The van der Waals surface area contributed by atoms with E-state index < -0.39 is 11.8 Å². The van der Waals surface area contributed by atoms with Gasteiger partial charge in [-0.25, -0.2) is 8.78 Å². The lowest BCUT2D eigenvalue weighted by atomic mass is 9.91. The smallest absolute Gasteiger partial charge is 0.270 e. The summed E-state index contributed by atoms with van der Waals surface area (Å²) in [7, 11) is 0. The van der Waals surface area contributed by atoms with Gasteiger partial charge < -0.3 is 11.1 Å². The number of hydrogen-bond donors (Lipinski definition) is 2. The molecular formula is C25H34F2N4O. The number of benzene rings is 1. The van der Waals surface area contributed by atoms with Gasteiger partial charge in [-0.2, -0.15) is 0 Å². The molecule has 5 nitrogen and oxygen atoms in total. The zero-order valence-corrected chi connectivity index (χ0v) is 19.2. The molecule has 1 aromatic carbocycles. The van der Waals surface area contributed by atoms with Gasteiger partial charge in [-0.1, -0.05) is 18.2 Å². The topological polar surface area (TPSA) is 70.7 Å². The van der Waals surface area contributed by atoms with Gasteiger partial charge in [0.1, 0.15) is 17.6 Å². The van der Waals surface area contributed by atoms with Crippen LogP contribution in [0.2, 0.25) is 0 Å². The molecule has 2 unspecified atom stereocenters. The fourth-order valence-corrected chi connectivity index (χ4v) is 4.46. The standard InChI is InChI=1S/C25H34F2N4O/c1-17(26)21(5-4-10-28)20-7-6-19-8-11-29-23(22(19)13-20)24(32)30-14-18-9-12-31(15-18)16-25(2,3)27/h4-7,10,13,17-18H,8-9,11-12,14-16,28H2,1-3H3,(H,30,32)/b10-4-,21-5+. The molecule has 1 saturated heterocycles. The second-order valence-electron chi connectivity index (χ2n) is 9.29. The molecule has 174 valence electrons. The molecule has 2 aliphatic rings. The number of nitrogens with two attached hydrogens (primary N) is 1. The first-order valence-electron chi connectivity index (χ1n) is 11.3. The van der Waals surface area contributed by atoms with Crippen molar-refractivity contribution in [1.82, 2.24) is 10.2 Å². The highest BCUT2D eigenvalue weighted by molar-refractivity contribution is 6.46. The lowest BCUT2D eigenvalue weighted by Gasteiger charge is -2.23. The van der Waals surface area contributed by atoms with Crippen LogP contribution in [-0.2, 0) is 11.2 Å². The second-order valence-corrected chi connectivity index (χ2v) is 9.29. The van der Waals surface area contributed by atoms with Crippen LogP contribution in [0.15, 0.2) is 41.5 Å². The van der Waals surface area contributed by atoms with E-state index in [4.69, 9.17) is 5.73 Å². The Morgan fingerprint density at radius 1 is 1.44 bits per heavy atom. The summed E-state index contributed by atoms with van der Waals surface area (Å²) in [6.07, 6.45) is 5.11. The molecule has 3 N–H and O–H groups in total. The molecule has 32 heavy (non-hydrogen) atoms. The van der Waals surface area contributed by atoms with Gasteiger partial charge >= 0.3 is 0 Å². The van der Waals surface area contributed by atoms with Crippen molar-refractivity contribution in [1.29, 1.82) is 0 Å². The average Bonchev–Trinajstić information content (AvgIpc) is 3.17. The van der Waals surface area contributed by atoms with Gasteiger partial charge in [0.25, 0.3) is 5.91 Å². The number of nitrogens with zero attached hydrogens (tertiary/aromatic N) is 2. The maximum Gasteiger partial charge on any atom is 0.270 e. The predicted octanol–water partition coefficient (Wildman–Crippen LogP) is 3.43. The molecular weight excluding hydrogens is 410 g/mol. The third kappa shape index (κ3) is 6.25. The van der Waals surface area contributed by atoms with E-state index in [-0.39, 0.29) is 5.91 Å². The first-order chi connectivity index (χ1) is 15.2. The number of amides is 1. The molecule has 1 aromatic rings. The number of likely N-dealkylation sites (tertiary alicyclic amines) is 1. The van der Waals surface area contributed by atoms with E-state index in [1.54, 1.807) is 26.0 Å². The number of rotatable bonds is 8. The van der Waals surface area contributed by atoms with Crippen molar-refractivity contribution in [2.75, 3.05) is 32.7 Å². The van der Waals surface area contributed by atoms with E-state index >= 15 is 0 Å². The predicted molar refractivity (Wildman–Crippen MR) is 126 cm³/mol. The van der Waals surface area contributed by atoms with Crippen molar-refractivity contribution in [3.63, 3.8) is 0 Å². The molecule has 0 bridgehead atoms. The van der Waals surface area contributed by atoms with Gasteiger partial charge in [0, 0.05) is 31.7 Å². The van der Waals surface area contributed by atoms with Crippen molar-refractivity contribution >= 4 is 17.2 Å². The molecule has 1 amide bonds. The SMILES string of the molecule is CC(F)/C(=C\C=C/N)c1ccc2c(c1)C(C(=O)NCC1CCN(CC(C)(C)F)C1)=NCC2. The molecule has 0 radical (unpaired) electrons. The summed E-state index contributed by atoms with van der Waals surface area (Å²) < 4.78 is 28.1. The number of nitrogens with one attached hydrogen (secondary N) is 1. The number of carbonyl (C=O) groups excluding carboxylic acids is 1. The molecule has 3 rings (SSSR count). The Kier molecular flexibility index (Phi) is 7.82. The van der Waals surface area contributed by atoms with E-state index in [0.717, 1.165) is 37.1 Å². The largest absolute Gasteiger partial charge is 0.405 e. The summed E-state index contributed by atoms with van der Waals surface area (Å²) >= 11 is 0. The molecule has 0 saturated carbocycles. The van der Waals surface area contributed by atoms with Crippen molar-refractivity contribution < 1.29 is 13.6 Å². The quantitative estimate of drug-likeness (QED) is 0.604. The fourth-order valence-electron chi connectivity index (χ4n) is 4.46. The van der Waals surface area contributed by atoms with Gasteiger partial charge in [-0.05, 0) is 81.1 Å².